The minimum atomic E-state index is -0.196. The maximum atomic E-state index is 11.9. The zero-order valence-corrected chi connectivity index (χ0v) is 15.6. The number of nitrogens with one attached hydrogen (secondary N) is 2. The van der Waals surface area contributed by atoms with Gasteiger partial charge < -0.3 is 15.4 Å². The third-order valence-corrected chi connectivity index (χ3v) is 3.91. The van der Waals surface area contributed by atoms with Gasteiger partial charge in [0.25, 0.3) is 0 Å². The summed E-state index contributed by atoms with van der Waals surface area (Å²) in [6.45, 7) is 9.69. The van der Waals surface area contributed by atoms with E-state index in [1.165, 1.54) is 11.1 Å². The van der Waals surface area contributed by atoms with Crippen molar-refractivity contribution in [2.45, 2.75) is 39.5 Å². The lowest BCUT2D eigenvalue weighted by molar-refractivity contribution is 0.250. The number of hydrogen-bond donors (Lipinski definition) is 2. The van der Waals surface area contributed by atoms with Gasteiger partial charge in [0.05, 0.1) is 6.61 Å². The molecular formula is C21H28N2O2. The van der Waals surface area contributed by atoms with Crippen molar-refractivity contribution in [3.63, 3.8) is 0 Å². The van der Waals surface area contributed by atoms with Crippen LogP contribution in [0.5, 0.6) is 5.75 Å². The van der Waals surface area contributed by atoms with Crippen molar-refractivity contribution >= 4 is 11.7 Å². The van der Waals surface area contributed by atoms with Crippen LogP contribution in [0.1, 0.15) is 38.3 Å². The first-order chi connectivity index (χ1) is 11.8. The second-order valence-electron chi connectivity index (χ2n) is 7.22. The van der Waals surface area contributed by atoms with E-state index in [-0.39, 0.29) is 11.4 Å². The smallest absolute Gasteiger partial charge is 0.319 e. The maximum Gasteiger partial charge on any atom is 0.319 e. The summed E-state index contributed by atoms with van der Waals surface area (Å²) < 4.78 is 5.63. The molecule has 0 unspecified atom stereocenters. The summed E-state index contributed by atoms with van der Waals surface area (Å²) in [5.41, 5.74) is 3.35. The molecule has 0 saturated carbocycles. The lowest BCUT2D eigenvalue weighted by Gasteiger charge is -2.19. The first-order valence-electron chi connectivity index (χ1n) is 8.69. The van der Waals surface area contributed by atoms with Crippen LogP contribution in [-0.4, -0.2) is 19.2 Å². The minimum Gasteiger partial charge on any atom is -0.494 e. The van der Waals surface area contributed by atoms with E-state index in [0.717, 1.165) is 17.9 Å². The summed E-state index contributed by atoms with van der Waals surface area (Å²) in [4.78, 5) is 11.9. The van der Waals surface area contributed by atoms with Gasteiger partial charge in [-0.05, 0) is 48.6 Å². The Morgan fingerprint density at radius 1 is 1.00 bits per heavy atom. The predicted octanol–water partition coefficient (Wildman–Crippen LogP) is 4.88. The lowest BCUT2D eigenvalue weighted by Crippen LogP contribution is -2.30. The number of urea groups is 1. The fourth-order valence-corrected chi connectivity index (χ4v) is 2.33. The highest BCUT2D eigenvalue weighted by Crippen LogP contribution is 2.23. The highest BCUT2D eigenvalue weighted by atomic mass is 16.5. The van der Waals surface area contributed by atoms with E-state index in [1.807, 2.05) is 55.5 Å². The predicted molar refractivity (Wildman–Crippen MR) is 103 cm³/mol. The Bertz CT molecular complexity index is 671. The van der Waals surface area contributed by atoms with Crippen molar-refractivity contribution in [2.75, 3.05) is 18.5 Å². The van der Waals surface area contributed by atoms with E-state index in [1.54, 1.807) is 0 Å². The summed E-state index contributed by atoms with van der Waals surface area (Å²) in [7, 11) is 0. The average molecular weight is 340 g/mol. The van der Waals surface area contributed by atoms with Crippen LogP contribution in [0, 0.1) is 6.92 Å². The van der Waals surface area contributed by atoms with Gasteiger partial charge in [0.1, 0.15) is 5.75 Å². The number of carbonyl (C=O) groups is 1. The fraction of sp³-hybridized carbons (Fsp3) is 0.381. The monoisotopic (exact) mass is 340 g/mol. The molecule has 2 amide bonds. The Kier molecular flexibility index (Phi) is 6.45. The molecule has 134 valence electrons. The van der Waals surface area contributed by atoms with Crippen LogP contribution in [0.25, 0.3) is 0 Å². The van der Waals surface area contributed by atoms with Crippen molar-refractivity contribution in [1.29, 1.82) is 0 Å². The van der Waals surface area contributed by atoms with Crippen LogP contribution in [0.4, 0.5) is 10.5 Å². The Morgan fingerprint density at radius 2 is 1.64 bits per heavy atom. The van der Waals surface area contributed by atoms with Crippen molar-refractivity contribution < 1.29 is 9.53 Å². The molecule has 4 nitrogen and oxygen atoms in total. The molecule has 25 heavy (non-hydrogen) atoms. The normalized spacial score (nSPS) is 11.0. The van der Waals surface area contributed by atoms with Crippen molar-refractivity contribution in [3.8, 4) is 5.75 Å². The molecule has 0 saturated heterocycles. The molecule has 0 aliphatic heterocycles. The molecule has 0 aliphatic carbocycles. The Labute approximate surface area is 150 Å². The molecule has 0 fully saturated rings. The Balaban J connectivity index is 1.66. The van der Waals surface area contributed by atoms with Gasteiger partial charge in [-0.15, -0.1) is 0 Å². The summed E-state index contributed by atoms with van der Waals surface area (Å²) in [5, 5.41) is 5.69. The van der Waals surface area contributed by atoms with Gasteiger partial charge >= 0.3 is 6.03 Å². The second kappa shape index (κ2) is 8.56. The highest BCUT2D eigenvalue weighted by molar-refractivity contribution is 5.89. The molecule has 0 heterocycles. The number of carbonyl (C=O) groups excluding carboxylic acids is 1. The Hall–Kier alpha value is -2.49. The Morgan fingerprint density at radius 3 is 2.24 bits per heavy atom. The van der Waals surface area contributed by atoms with Crippen LogP contribution >= 0.6 is 0 Å². The van der Waals surface area contributed by atoms with E-state index in [4.69, 9.17) is 4.74 Å². The molecule has 2 aromatic rings. The van der Waals surface area contributed by atoms with E-state index in [9.17, 15) is 4.79 Å². The van der Waals surface area contributed by atoms with Crippen LogP contribution in [0.2, 0.25) is 0 Å². The SMILES string of the molecule is Cc1ccc(OCCCNC(=O)Nc2ccc(C(C)(C)C)cc2)cc1. The van der Waals surface area contributed by atoms with Gasteiger partial charge in [0.15, 0.2) is 0 Å². The van der Waals surface area contributed by atoms with Gasteiger partial charge in [-0.1, -0.05) is 50.6 Å². The van der Waals surface area contributed by atoms with Crippen molar-refractivity contribution in [1.82, 2.24) is 5.32 Å². The van der Waals surface area contributed by atoms with Gasteiger partial charge in [-0.2, -0.15) is 0 Å². The highest BCUT2D eigenvalue weighted by Gasteiger charge is 2.13. The number of rotatable bonds is 6. The number of anilines is 1. The number of ether oxygens (including phenoxy) is 1. The number of aryl methyl sites for hydroxylation is 1. The van der Waals surface area contributed by atoms with E-state index in [2.05, 4.69) is 31.4 Å². The summed E-state index contributed by atoms with van der Waals surface area (Å²) in [5.74, 6) is 0.856. The fourth-order valence-electron chi connectivity index (χ4n) is 2.33. The van der Waals surface area contributed by atoms with E-state index in [0.29, 0.717) is 13.2 Å². The van der Waals surface area contributed by atoms with Crippen molar-refractivity contribution in [3.05, 3.63) is 59.7 Å². The van der Waals surface area contributed by atoms with E-state index < -0.39 is 0 Å². The molecule has 4 heteroatoms. The van der Waals surface area contributed by atoms with Crippen LogP contribution in [0.15, 0.2) is 48.5 Å². The van der Waals surface area contributed by atoms with Crippen LogP contribution in [0.3, 0.4) is 0 Å². The zero-order valence-electron chi connectivity index (χ0n) is 15.6. The first-order valence-corrected chi connectivity index (χ1v) is 8.69. The van der Waals surface area contributed by atoms with Crippen molar-refractivity contribution in [2.24, 2.45) is 0 Å². The van der Waals surface area contributed by atoms with Gasteiger partial charge in [-0.25, -0.2) is 4.79 Å². The first kappa shape index (κ1) is 18.8. The summed E-state index contributed by atoms with van der Waals surface area (Å²) >= 11 is 0. The maximum absolute atomic E-state index is 11.9. The number of hydrogen-bond acceptors (Lipinski definition) is 2. The molecule has 0 radical (unpaired) electrons. The zero-order chi connectivity index (χ0) is 18.3. The molecule has 0 bridgehead atoms. The molecule has 0 aliphatic rings. The molecule has 0 atom stereocenters. The standard InChI is InChI=1S/C21H28N2O2/c1-16-6-12-19(13-7-16)25-15-5-14-22-20(24)23-18-10-8-17(9-11-18)21(2,3)4/h6-13H,5,14-15H2,1-4H3,(H2,22,23,24). The average Bonchev–Trinajstić information content (AvgIpc) is 2.56. The third-order valence-electron chi connectivity index (χ3n) is 3.91. The van der Waals surface area contributed by atoms with Gasteiger partial charge in [0.2, 0.25) is 0 Å². The number of benzene rings is 2. The van der Waals surface area contributed by atoms with Gasteiger partial charge in [0, 0.05) is 12.2 Å². The molecule has 0 aromatic heterocycles. The molecule has 2 aromatic carbocycles. The summed E-state index contributed by atoms with van der Waals surface area (Å²) in [6.07, 6.45) is 0.754. The van der Waals surface area contributed by atoms with E-state index >= 15 is 0 Å². The quantitative estimate of drug-likeness (QED) is 0.736. The van der Waals surface area contributed by atoms with Crippen LogP contribution in [-0.2, 0) is 5.41 Å². The molecule has 0 spiro atoms. The molecular weight excluding hydrogens is 312 g/mol. The summed E-state index contributed by atoms with van der Waals surface area (Å²) in [6, 6.07) is 15.7. The second-order valence-corrected chi connectivity index (χ2v) is 7.22. The third kappa shape index (κ3) is 6.49. The number of amides is 2. The minimum absolute atomic E-state index is 0.109. The largest absolute Gasteiger partial charge is 0.494 e. The molecule has 2 N–H and O–H groups in total. The van der Waals surface area contributed by atoms with Crippen LogP contribution < -0.4 is 15.4 Å². The topological polar surface area (TPSA) is 50.4 Å². The molecule has 2 rings (SSSR count). The van der Waals surface area contributed by atoms with Gasteiger partial charge in [-0.3, -0.25) is 0 Å². The lowest BCUT2D eigenvalue weighted by atomic mass is 9.87.